The van der Waals surface area contributed by atoms with Crippen molar-refractivity contribution in [2.45, 2.75) is 51.7 Å². The first-order valence-electron chi connectivity index (χ1n) is 7.64. The molecule has 1 atom stereocenters. The van der Waals surface area contributed by atoms with Crippen molar-refractivity contribution in [3.8, 4) is 0 Å². The monoisotopic (exact) mass is 343 g/mol. The number of alkyl halides is 2. The van der Waals surface area contributed by atoms with Crippen LogP contribution in [0.1, 0.15) is 39.2 Å². The van der Waals surface area contributed by atoms with Gasteiger partial charge in [0.2, 0.25) is 0 Å². The zero-order valence-corrected chi connectivity index (χ0v) is 14.0. The largest absolute Gasteiger partial charge is 0.480 e. The average molecular weight is 343 g/mol. The molecule has 0 aliphatic heterocycles. The second kappa shape index (κ2) is 8.08. The van der Waals surface area contributed by atoms with Crippen molar-refractivity contribution in [1.82, 2.24) is 5.32 Å². The Hall–Kier alpha value is -2.18. The fraction of sp³-hybridized carbons (Fsp3) is 0.529. The Kier molecular flexibility index (Phi) is 6.69. The maximum absolute atomic E-state index is 14.0. The van der Waals surface area contributed by atoms with Gasteiger partial charge in [-0.3, -0.25) is 0 Å². The fourth-order valence-electron chi connectivity index (χ4n) is 2.34. The molecule has 5 nitrogen and oxygen atoms in total. The SMILES string of the molecule is CC(C)CC(F)(F)C[C@](C)(NC(=O)OCc1ccccc1)C(=O)O. The summed E-state index contributed by atoms with van der Waals surface area (Å²) >= 11 is 0. The van der Waals surface area contributed by atoms with Crippen LogP contribution in [-0.4, -0.2) is 28.6 Å². The summed E-state index contributed by atoms with van der Waals surface area (Å²) in [5.41, 5.74) is -1.42. The first kappa shape index (κ1) is 19.9. The number of alkyl carbamates (subject to hydrolysis) is 1. The Balaban J connectivity index is 2.70. The minimum absolute atomic E-state index is 0.0786. The van der Waals surface area contributed by atoms with Gasteiger partial charge in [-0.2, -0.15) is 0 Å². The van der Waals surface area contributed by atoms with E-state index in [-0.39, 0.29) is 12.5 Å². The lowest BCUT2D eigenvalue weighted by Crippen LogP contribution is -2.55. The maximum atomic E-state index is 14.0. The molecule has 0 saturated carbocycles. The number of carbonyl (C=O) groups is 2. The van der Waals surface area contributed by atoms with Gasteiger partial charge in [0.1, 0.15) is 12.1 Å². The summed E-state index contributed by atoms with van der Waals surface area (Å²) in [5.74, 6) is -5.06. The third kappa shape index (κ3) is 6.52. The standard InChI is InChI=1S/C17H23F2NO4/c1-12(2)9-17(18,19)11-16(3,14(21)22)20-15(23)24-10-13-7-5-4-6-8-13/h4-8,12H,9-11H2,1-3H3,(H,20,23)(H,21,22)/t16-/m0/s1. The van der Waals surface area contributed by atoms with Crippen molar-refractivity contribution in [3.63, 3.8) is 0 Å². The predicted molar refractivity (Wildman–Crippen MR) is 84.8 cm³/mol. The van der Waals surface area contributed by atoms with E-state index in [9.17, 15) is 23.5 Å². The highest BCUT2D eigenvalue weighted by Crippen LogP contribution is 2.32. The molecule has 0 aromatic heterocycles. The summed E-state index contributed by atoms with van der Waals surface area (Å²) in [6.07, 6.45) is -2.52. The van der Waals surface area contributed by atoms with Crippen molar-refractivity contribution in [2.75, 3.05) is 0 Å². The van der Waals surface area contributed by atoms with Crippen molar-refractivity contribution in [1.29, 1.82) is 0 Å². The highest BCUT2D eigenvalue weighted by molar-refractivity contribution is 5.84. The Morgan fingerprint density at radius 2 is 1.83 bits per heavy atom. The molecule has 0 bridgehead atoms. The van der Waals surface area contributed by atoms with Crippen LogP contribution in [-0.2, 0) is 16.1 Å². The summed E-state index contributed by atoms with van der Waals surface area (Å²) in [6, 6.07) is 8.75. The van der Waals surface area contributed by atoms with E-state index >= 15 is 0 Å². The lowest BCUT2D eigenvalue weighted by molar-refractivity contribution is -0.149. The van der Waals surface area contributed by atoms with Crippen LogP contribution in [0.25, 0.3) is 0 Å². The molecule has 0 fully saturated rings. The van der Waals surface area contributed by atoms with Gasteiger partial charge in [0.25, 0.3) is 5.92 Å². The summed E-state index contributed by atoms with van der Waals surface area (Å²) in [7, 11) is 0. The molecule has 0 heterocycles. The lowest BCUT2D eigenvalue weighted by Gasteiger charge is -2.30. The van der Waals surface area contributed by atoms with Gasteiger partial charge in [-0.05, 0) is 18.4 Å². The number of amides is 1. The Bertz CT molecular complexity index is 563. The normalized spacial score (nSPS) is 14.1. The molecule has 7 heteroatoms. The number of ether oxygens (including phenoxy) is 1. The molecule has 0 spiro atoms. The van der Waals surface area contributed by atoms with Gasteiger partial charge >= 0.3 is 12.1 Å². The molecule has 0 radical (unpaired) electrons. The van der Waals surface area contributed by atoms with Gasteiger partial charge in [0, 0.05) is 12.8 Å². The molecule has 24 heavy (non-hydrogen) atoms. The van der Waals surface area contributed by atoms with Crippen LogP contribution >= 0.6 is 0 Å². The molecule has 0 aliphatic rings. The highest BCUT2D eigenvalue weighted by atomic mass is 19.3. The minimum Gasteiger partial charge on any atom is -0.480 e. The maximum Gasteiger partial charge on any atom is 0.408 e. The smallest absolute Gasteiger partial charge is 0.408 e. The third-order valence-corrected chi connectivity index (χ3v) is 3.38. The number of hydrogen-bond acceptors (Lipinski definition) is 3. The second-order valence-corrected chi connectivity index (χ2v) is 6.45. The van der Waals surface area contributed by atoms with E-state index in [1.165, 1.54) is 0 Å². The molecule has 1 aromatic rings. The van der Waals surface area contributed by atoms with E-state index in [0.717, 1.165) is 6.92 Å². The van der Waals surface area contributed by atoms with Crippen LogP contribution in [0.4, 0.5) is 13.6 Å². The lowest BCUT2D eigenvalue weighted by atomic mass is 9.90. The number of hydrogen-bond donors (Lipinski definition) is 2. The molecule has 0 unspecified atom stereocenters. The van der Waals surface area contributed by atoms with Gasteiger partial charge in [-0.15, -0.1) is 0 Å². The van der Waals surface area contributed by atoms with Gasteiger partial charge in [0.05, 0.1) is 0 Å². The van der Waals surface area contributed by atoms with Crippen LogP contribution in [0.5, 0.6) is 0 Å². The third-order valence-electron chi connectivity index (χ3n) is 3.38. The zero-order chi connectivity index (χ0) is 18.4. The van der Waals surface area contributed by atoms with Crippen LogP contribution in [0.15, 0.2) is 30.3 Å². The van der Waals surface area contributed by atoms with Crippen molar-refractivity contribution < 1.29 is 28.2 Å². The Morgan fingerprint density at radius 3 is 2.33 bits per heavy atom. The first-order chi connectivity index (χ1) is 11.0. The van der Waals surface area contributed by atoms with Gasteiger partial charge in [0.15, 0.2) is 0 Å². The minimum atomic E-state index is -3.21. The van der Waals surface area contributed by atoms with Crippen LogP contribution in [0.3, 0.4) is 0 Å². The number of benzene rings is 1. The molecule has 0 aliphatic carbocycles. The average Bonchev–Trinajstić information content (AvgIpc) is 2.43. The summed E-state index contributed by atoms with van der Waals surface area (Å²) in [6.45, 7) is 4.21. The number of carboxylic acid groups (broad SMARTS) is 1. The van der Waals surface area contributed by atoms with E-state index in [1.807, 2.05) is 0 Å². The predicted octanol–water partition coefficient (Wildman–Crippen LogP) is 3.83. The summed E-state index contributed by atoms with van der Waals surface area (Å²) in [5, 5.41) is 11.3. The number of nitrogens with one attached hydrogen (secondary N) is 1. The fourth-order valence-corrected chi connectivity index (χ4v) is 2.34. The van der Waals surface area contributed by atoms with E-state index in [1.54, 1.807) is 44.2 Å². The van der Waals surface area contributed by atoms with E-state index in [2.05, 4.69) is 5.32 Å². The van der Waals surface area contributed by atoms with Gasteiger partial charge in [-0.25, -0.2) is 18.4 Å². The van der Waals surface area contributed by atoms with E-state index < -0.39 is 36.4 Å². The topological polar surface area (TPSA) is 75.6 Å². The Morgan fingerprint density at radius 1 is 1.25 bits per heavy atom. The molecular weight excluding hydrogens is 320 g/mol. The molecule has 1 aromatic carbocycles. The molecular formula is C17H23F2NO4. The highest BCUT2D eigenvalue weighted by Gasteiger charge is 2.45. The van der Waals surface area contributed by atoms with Crippen molar-refractivity contribution in [2.24, 2.45) is 5.92 Å². The van der Waals surface area contributed by atoms with Gasteiger partial charge in [-0.1, -0.05) is 44.2 Å². The van der Waals surface area contributed by atoms with Gasteiger partial charge < -0.3 is 15.2 Å². The summed E-state index contributed by atoms with van der Waals surface area (Å²) < 4.78 is 32.9. The molecule has 1 amide bonds. The second-order valence-electron chi connectivity index (χ2n) is 6.45. The summed E-state index contributed by atoms with van der Waals surface area (Å²) in [4.78, 5) is 23.2. The quantitative estimate of drug-likeness (QED) is 0.752. The van der Waals surface area contributed by atoms with E-state index in [0.29, 0.717) is 5.56 Å². The first-order valence-corrected chi connectivity index (χ1v) is 7.64. The Labute approximate surface area is 140 Å². The molecule has 134 valence electrons. The van der Waals surface area contributed by atoms with Crippen LogP contribution < -0.4 is 5.32 Å². The molecule has 1 rings (SSSR count). The van der Waals surface area contributed by atoms with Crippen molar-refractivity contribution >= 4 is 12.1 Å². The van der Waals surface area contributed by atoms with Crippen LogP contribution in [0, 0.1) is 5.92 Å². The molecule has 0 saturated heterocycles. The van der Waals surface area contributed by atoms with Crippen LogP contribution in [0.2, 0.25) is 0 Å². The number of carbonyl (C=O) groups excluding carboxylic acids is 1. The van der Waals surface area contributed by atoms with E-state index in [4.69, 9.17) is 4.74 Å². The zero-order valence-electron chi connectivity index (χ0n) is 14.0. The number of carboxylic acids is 1. The number of aliphatic carboxylic acids is 1. The van der Waals surface area contributed by atoms with Crippen molar-refractivity contribution in [3.05, 3.63) is 35.9 Å². The number of rotatable bonds is 8. The number of halogens is 2. The molecule has 2 N–H and O–H groups in total.